The van der Waals surface area contributed by atoms with E-state index in [0.717, 1.165) is 0 Å². The van der Waals surface area contributed by atoms with Crippen molar-refractivity contribution in [1.29, 1.82) is 0 Å². The number of nitrogens with zero attached hydrogens (tertiary/aromatic N) is 1. The average Bonchev–Trinajstić information content (AvgIpc) is 2.42. The van der Waals surface area contributed by atoms with Gasteiger partial charge >= 0.3 is 12.3 Å². The summed E-state index contributed by atoms with van der Waals surface area (Å²) in [5.74, 6) is 0. The topological polar surface area (TPSA) is 41.6 Å². The minimum absolute atomic E-state index is 0.112. The molecule has 0 aromatic heterocycles. The summed E-state index contributed by atoms with van der Waals surface area (Å²) in [5, 5.41) is 2.69. The van der Waals surface area contributed by atoms with Crippen molar-refractivity contribution in [1.82, 2.24) is 10.2 Å². The van der Waals surface area contributed by atoms with Gasteiger partial charge in [0.2, 0.25) is 0 Å². The van der Waals surface area contributed by atoms with Crippen LogP contribution >= 0.6 is 0 Å². The Labute approximate surface area is 138 Å². The largest absolute Gasteiger partial charge is 0.444 e. The van der Waals surface area contributed by atoms with E-state index in [4.69, 9.17) is 4.74 Å². The minimum atomic E-state index is -4.16. The van der Waals surface area contributed by atoms with E-state index in [-0.39, 0.29) is 6.04 Å². The third-order valence-corrected chi connectivity index (χ3v) is 2.71. The van der Waals surface area contributed by atoms with Crippen molar-refractivity contribution in [2.24, 2.45) is 0 Å². The van der Waals surface area contributed by atoms with E-state index in [9.17, 15) is 18.0 Å². The summed E-state index contributed by atoms with van der Waals surface area (Å²) >= 11 is 0. The molecule has 1 amide bonds. The molecule has 0 unspecified atom stereocenters. The third kappa shape index (κ3) is 14.3. The van der Waals surface area contributed by atoms with Gasteiger partial charge in [-0.1, -0.05) is 27.7 Å². The number of hydrogen-bond acceptors (Lipinski definition) is 3. The van der Waals surface area contributed by atoms with Crippen LogP contribution in [-0.4, -0.2) is 48.4 Å². The second kappa shape index (κ2) is 11.5. The summed E-state index contributed by atoms with van der Waals surface area (Å²) in [6.45, 7) is 13.1. The van der Waals surface area contributed by atoms with Crippen LogP contribution in [0.4, 0.5) is 18.0 Å². The Kier molecular flexibility index (Phi) is 12.2. The molecule has 0 saturated carbocycles. The van der Waals surface area contributed by atoms with Gasteiger partial charge in [0.05, 0.1) is 6.54 Å². The van der Waals surface area contributed by atoms with Crippen LogP contribution in [0.2, 0.25) is 0 Å². The van der Waals surface area contributed by atoms with Gasteiger partial charge in [0.1, 0.15) is 5.60 Å². The number of rotatable bonds is 2. The number of alkyl halides is 3. The molecule has 4 nitrogen and oxygen atoms in total. The quantitative estimate of drug-likeness (QED) is 0.798. The molecule has 0 spiro atoms. The standard InChI is InChI=1S/C12H21F3N2O2.2C2H6/c1-11(2,3)19-10(18)16-9-4-6-17(7-5-9)8-12(13,14)15;2*1-2/h9H,4-8H2,1-3H3,(H,16,18);2*1-2H3. The van der Waals surface area contributed by atoms with Gasteiger partial charge in [-0.3, -0.25) is 4.90 Å². The van der Waals surface area contributed by atoms with Crippen molar-refractivity contribution < 1.29 is 22.7 Å². The van der Waals surface area contributed by atoms with Gasteiger partial charge < -0.3 is 10.1 Å². The van der Waals surface area contributed by atoms with Crippen molar-refractivity contribution in [3.05, 3.63) is 0 Å². The number of likely N-dealkylation sites (tertiary alicyclic amines) is 1. The number of piperidine rings is 1. The second-order valence-electron chi connectivity index (χ2n) is 5.81. The molecule has 0 bridgehead atoms. The number of halogens is 3. The van der Waals surface area contributed by atoms with E-state index >= 15 is 0 Å². The van der Waals surface area contributed by atoms with E-state index in [1.54, 1.807) is 20.8 Å². The van der Waals surface area contributed by atoms with Crippen molar-refractivity contribution in [2.75, 3.05) is 19.6 Å². The number of carbonyl (C=O) groups is 1. The molecule has 140 valence electrons. The summed E-state index contributed by atoms with van der Waals surface area (Å²) in [7, 11) is 0. The van der Waals surface area contributed by atoms with Crippen LogP contribution in [0.1, 0.15) is 61.3 Å². The lowest BCUT2D eigenvalue weighted by molar-refractivity contribution is -0.148. The summed E-state index contributed by atoms with van der Waals surface area (Å²) < 4.78 is 41.7. The Bertz CT molecular complexity index is 307. The first kappa shape index (κ1) is 24.3. The predicted molar refractivity (Wildman–Crippen MR) is 87.6 cm³/mol. The van der Waals surface area contributed by atoms with Crippen molar-refractivity contribution in [3.8, 4) is 0 Å². The van der Waals surface area contributed by atoms with Crippen LogP contribution in [0.5, 0.6) is 0 Å². The average molecular weight is 342 g/mol. The van der Waals surface area contributed by atoms with Crippen molar-refractivity contribution >= 4 is 6.09 Å². The number of amides is 1. The Morgan fingerprint density at radius 2 is 1.52 bits per heavy atom. The Balaban J connectivity index is 0. The van der Waals surface area contributed by atoms with Gasteiger partial charge in [0, 0.05) is 19.1 Å². The highest BCUT2D eigenvalue weighted by Gasteiger charge is 2.33. The predicted octanol–water partition coefficient (Wildman–Crippen LogP) is 4.59. The molecule has 1 fully saturated rings. The van der Waals surface area contributed by atoms with Gasteiger partial charge in [0.15, 0.2) is 0 Å². The number of hydrogen-bond donors (Lipinski definition) is 1. The van der Waals surface area contributed by atoms with Crippen LogP contribution in [0.3, 0.4) is 0 Å². The molecule has 1 heterocycles. The Morgan fingerprint density at radius 1 is 1.09 bits per heavy atom. The van der Waals surface area contributed by atoms with E-state index < -0.39 is 24.4 Å². The molecule has 0 atom stereocenters. The zero-order valence-electron chi connectivity index (χ0n) is 15.5. The minimum Gasteiger partial charge on any atom is -0.444 e. The molecule has 0 radical (unpaired) electrons. The maximum Gasteiger partial charge on any atom is 0.407 e. The molecule has 0 aromatic carbocycles. The highest BCUT2D eigenvalue weighted by molar-refractivity contribution is 5.68. The van der Waals surface area contributed by atoms with Gasteiger partial charge in [-0.25, -0.2) is 4.79 Å². The van der Waals surface area contributed by atoms with E-state index in [2.05, 4.69) is 5.32 Å². The number of nitrogens with one attached hydrogen (secondary N) is 1. The summed E-state index contributed by atoms with van der Waals surface area (Å²) in [6.07, 6.45) is -3.66. The van der Waals surface area contributed by atoms with Crippen LogP contribution < -0.4 is 5.32 Å². The van der Waals surface area contributed by atoms with Crippen molar-refractivity contribution in [3.63, 3.8) is 0 Å². The fourth-order valence-corrected chi connectivity index (χ4v) is 1.96. The molecule has 1 aliphatic heterocycles. The maximum absolute atomic E-state index is 12.2. The monoisotopic (exact) mass is 342 g/mol. The lowest BCUT2D eigenvalue weighted by atomic mass is 10.1. The third-order valence-electron chi connectivity index (χ3n) is 2.71. The zero-order valence-corrected chi connectivity index (χ0v) is 15.5. The second-order valence-corrected chi connectivity index (χ2v) is 5.81. The summed E-state index contributed by atoms with van der Waals surface area (Å²) in [4.78, 5) is 12.9. The smallest absolute Gasteiger partial charge is 0.407 e. The fraction of sp³-hybridized carbons (Fsp3) is 0.938. The van der Waals surface area contributed by atoms with Crippen LogP contribution in [0, 0.1) is 0 Å². The van der Waals surface area contributed by atoms with Crippen LogP contribution in [-0.2, 0) is 4.74 Å². The first-order valence-electron chi connectivity index (χ1n) is 8.34. The molecular weight excluding hydrogens is 309 g/mol. The van der Waals surface area contributed by atoms with Crippen LogP contribution in [0.25, 0.3) is 0 Å². The Morgan fingerprint density at radius 3 is 1.87 bits per heavy atom. The Hall–Kier alpha value is -0.980. The highest BCUT2D eigenvalue weighted by Crippen LogP contribution is 2.20. The molecular formula is C16H33F3N2O2. The number of alkyl carbamates (subject to hydrolysis) is 1. The SMILES string of the molecule is CC.CC.CC(C)(C)OC(=O)NC1CCN(CC(F)(F)F)CC1. The van der Waals surface area contributed by atoms with Gasteiger partial charge in [-0.2, -0.15) is 13.2 Å². The van der Waals surface area contributed by atoms with Crippen LogP contribution in [0.15, 0.2) is 0 Å². The lowest BCUT2D eigenvalue weighted by Crippen LogP contribution is -2.48. The molecule has 1 aliphatic rings. The number of carbonyl (C=O) groups excluding carboxylic acids is 1. The fourth-order valence-electron chi connectivity index (χ4n) is 1.96. The molecule has 1 N–H and O–H groups in total. The molecule has 7 heteroatoms. The first-order valence-corrected chi connectivity index (χ1v) is 8.34. The van der Waals surface area contributed by atoms with E-state index in [1.165, 1.54) is 4.90 Å². The molecule has 0 aliphatic carbocycles. The lowest BCUT2D eigenvalue weighted by Gasteiger charge is -2.33. The van der Waals surface area contributed by atoms with Crippen molar-refractivity contribution in [2.45, 2.75) is 79.1 Å². The summed E-state index contributed by atoms with van der Waals surface area (Å²) in [6, 6.07) is -0.112. The normalized spacial score (nSPS) is 16.4. The van der Waals surface area contributed by atoms with Gasteiger partial charge in [-0.05, 0) is 33.6 Å². The molecule has 23 heavy (non-hydrogen) atoms. The molecule has 1 saturated heterocycles. The summed E-state index contributed by atoms with van der Waals surface area (Å²) in [5.41, 5.74) is -0.568. The highest BCUT2D eigenvalue weighted by atomic mass is 19.4. The molecule has 1 rings (SSSR count). The molecule has 0 aromatic rings. The number of ether oxygens (including phenoxy) is 1. The van der Waals surface area contributed by atoms with E-state index in [1.807, 2.05) is 27.7 Å². The van der Waals surface area contributed by atoms with Gasteiger partial charge in [-0.15, -0.1) is 0 Å². The van der Waals surface area contributed by atoms with E-state index in [0.29, 0.717) is 25.9 Å². The van der Waals surface area contributed by atoms with Gasteiger partial charge in [0.25, 0.3) is 0 Å². The zero-order chi connectivity index (χ0) is 18.7. The maximum atomic E-state index is 12.2. The first-order chi connectivity index (χ1) is 10.6.